The Morgan fingerprint density at radius 2 is 2.05 bits per heavy atom. The second-order valence-electron chi connectivity index (χ2n) is 5.15. The van der Waals surface area contributed by atoms with E-state index >= 15 is 0 Å². The summed E-state index contributed by atoms with van der Waals surface area (Å²) in [6.07, 6.45) is 6.54. The Morgan fingerprint density at radius 3 is 2.60 bits per heavy atom. The standard InChI is InChI=1S/C14H22N4O2/c1-5-6-7-8-16-11-12(15)18(9-10(2)3)14(20)17(4)13(11)19/h1,10,16H,6-9,15H2,2-4H3. The predicted octanol–water partition coefficient (Wildman–Crippen LogP) is 0.611. The fraction of sp³-hybridized carbons (Fsp3) is 0.571. The smallest absolute Gasteiger partial charge is 0.332 e. The summed E-state index contributed by atoms with van der Waals surface area (Å²) in [6.45, 7) is 4.98. The lowest BCUT2D eigenvalue weighted by molar-refractivity contribution is 0.494. The summed E-state index contributed by atoms with van der Waals surface area (Å²) in [5.41, 5.74) is 5.43. The van der Waals surface area contributed by atoms with Crippen LogP contribution in [-0.4, -0.2) is 15.7 Å². The molecule has 0 amide bonds. The number of hydrogen-bond acceptors (Lipinski definition) is 4. The first-order chi connectivity index (χ1) is 9.40. The number of nitrogens with one attached hydrogen (secondary N) is 1. The van der Waals surface area contributed by atoms with Crippen LogP contribution in [0.4, 0.5) is 11.5 Å². The van der Waals surface area contributed by atoms with Crippen LogP contribution in [0.3, 0.4) is 0 Å². The second-order valence-corrected chi connectivity index (χ2v) is 5.15. The monoisotopic (exact) mass is 278 g/mol. The van der Waals surface area contributed by atoms with Crippen molar-refractivity contribution in [3.05, 3.63) is 20.8 Å². The molecule has 3 N–H and O–H groups in total. The third kappa shape index (κ3) is 3.44. The molecule has 0 aromatic carbocycles. The number of hydrogen-bond donors (Lipinski definition) is 2. The average Bonchev–Trinajstić information content (AvgIpc) is 2.40. The minimum absolute atomic E-state index is 0.188. The molecule has 1 rings (SSSR count). The van der Waals surface area contributed by atoms with E-state index in [1.165, 1.54) is 11.6 Å². The lowest BCUT2D eigenvalue weighted by atomic mass is 10.2. The van der Waals surface area contributed by atoms with Gasteiger partial charge in [-0.2, -0.15) is 0 Å². The van der Waals surface area contributed by atoms with Crippen LogP contribution in [0.15, 0.2) is 9.59 Å². The van der Waals surface area contributed by atoms with Gasteiger partial charge in [0.2, 0.25) is 0 Å². The number of aromatic nitrogens is 2. The number of terminal acetylenes is 1. The lowest BCUT2D eigenvalue weighted by Crippen LogP contribution is -2.41. The number of nitrogens with two attached hydrogens (primary N) is 1. The summed E-state index contributed by atoms with van der Waals surface area (Å²) in [6, 6.07) is 0. The van der Waals surface area contributed by atoms with Gasteiger partial charge in [0.25, 0.3) is 5.56 Å². The van der Waals surface area contributed by atoms with E-state index in [0.717, 1.165) is 11.0 Å². The van der Waals surface area contributed by atoms with Crippen molar-refractivity contribution in [1.82, 2.24) is 9.13 Å². The molecule has 110 valence electrons. The van der Waals surface area contributed by atoms with Gasteiger partial charge in [0, 0.05) is 26.6 Å². The Balaban J connectivity index is 3.17. The van der Waals surface area contributed by atoms with Crippen molar-refractivity contribution in [3.8, 4) is 12.3 Å². The van der Waals surface area contributed by atoms with Gasteiger partial charge in [-0.3, -0.25) is 13.9 Å². The van der Waals surface area contributed by atoms with E-state index in [9.17, 15) is 9.59 Å². The molecule has 0 unspecified atom stereocenters. The van der Waals surface area contributed by atoms with Crippen LogP contribution < -0.4 is 22.3 Å². The van der Waals surface area contributed by atoms with Crippen molar-refractivity contribution in [1.29, 1.82) is 0 Å². The van der Waals surface area contributed by atoms with E-state index < -0.39 is 11.2 Å². The molecule has 0 aliphatic heterocycles. The SMILES string of the molecule is C#CCCCNc1c(N)n(CC(C)C)c(=O)n(C)c1=O. The summed E-state index contributed by atoms with van der Waals surface area (Å²) >= 11 is 0. The Kier molecular flexibility index (Phi) is 5.44. The molecule has 0 saturated carbocycles. The number of anilines is 2. The summed E-state index contributed by atoms with van der Waals surface area (Å²) in [4.78, 5) is 24.1. The Hall–Kier alpha value is -2.16. The minimum Gasteiger partial charge on any atom is -0.383 e. The fourth-order valence-electron chi connectivity index (χ4n) is 1.89. The third-order valence-corrected chi connectivity index (χ3v) is 2.93. The highest BCUT2D eigenvalue weighted by molar-refractivity contribution is 5.60. The molecule has 0 fully saturated rings. The molecule has 0 saturated heterocycles. The van der Waals surface area contributed by atoms with Gasteiger partial charge >= 0.3 is 5.69 Å². The zero-order valence-corrected chi connectivity index (χ0v) is 12.3. The maximum absolute atomic E-state index is 12.1. The van der Waals surface area contributed by atoms with Crippen molar-refractivity contribution in [2.75, 3.05) is 17.6 Å². The number of rotatable bonds is 6. The zero-order chi connectivity index (χ0) is 15.3. The van der Waals surface area contributed by atoms with E-state index in [-0.39, 0.29) is 17.4 Å². The Bertz CT molecular complexity index is 620. The first-order valence-electron chi connectivity index (χ1n) is 6.66. The first kappa shape index (κ1) is 15.9. The van der Waals surface area contributed by atoms with E-state index in [1.807, 2.05) is 13.8 Å². The zero-order valence-electron chi connectivity index (χ0n) is 12.3. The molecule has 6 nitrogen and oxygen atoms in total. The van der Waals surface area contributed by atoms with Gasteiger partial charge in [0.05, 0.1) is 0 Å². The second kappa shape index (κ2) is 6.85. The predicted molar refractivity (Wildman–Crippen MR) is 81.8 cm³/mol. The van der Waals surface area contributed by atoms with Crippen LogP contribution in [0.25, 0.3) is 0 Å². The highest BCUT2D eigenvalue weighted by Crippen LogP contribution is 2.12. The van der Waals surface area contributed by atoms with E-state index in [1.54, 1.807) is 0 Å². The fourth-order valence-corrected chi connectivity index (χ4v) is 1.89. The van der Waals surface area contributed by atoms with Gasteiger partial charge in [-0.25, -0.2) is 4.79 Å². The minimum atomic E-state index is -0.409. The maximum Gasteiger partial charge on any atom is 0.332 e. The van der Waals surface area contributed by atoms with Crippen LogP contribution >= 0.6 is 0 Å². The molecular weight excluding hydrogens is 256 g/mol. The average molecular weight is 278 g/mol. The highest BCUT2D eigenvalue weighted by atomic mass is 16.2. The molecule has 0 aliphatic rings. The van der Waals surface area contributed by atoms with Crippen LogP contribution in [0.5, 0.6) is 0 Å². The third-order valence-electron chi connectivity index (χ3n) is 2.93. The van der Waals surface area contributed by atoms with Gasteiger partial charge in [-0.15, -0.1) is 12.3 Å². The molecule has 1 heterocycles. The summed E-state index contributed by atoms with van der Waals surface area (Å²) < 4.78 is 2.50. The van der Waals surface area contributed by atoms with Crippen molar-refractivity contribution in [2.24, 2.45) is 13.0 Å². The molecule has 0 radical (unpaired) electrons. The van der Waals surface area contributed by atoms with Crippen molar-refractivity contribution in [3.63, 3.8) is 0 Å². The van der Waals surface area contributed by atoms with Crippen molar-refractivity contribution < 1.29 is 0 Å². The first-order valence-corrected chi connectivity index (χ1v) is 6.66. The molecule has 0 aliphatic carbocycles. The van der Waals surface area contributed by atoms with Crippen LogP contribution in [0.1, 0.15) is 26.7 Å². The number of nitrogen functional groups attached to an aromatic ring is 1. The normalized spacial score (nSPS) is 10.6. The summed E-state index contributed by atoms with van der Waals surface area (Å²) in [7, 11) is 1.45. The molecule has 0 atom stereocenters. The molecule has 0 bridgehead atoms. The molecule has 6 heteroatoms. The Morgan fingerprint density at radius 1 is 1.40 bits per heavy atom. The van der Waals surface area contributed by atoms with Crippen molar-refractivity contribution in [2.45, 2.75) is 33.2 Å². The molecule has 1 aromatic heterocycles. The highest BCUT2D eigenvalue weighted by Gasteiger charge is 2.15. The van der Waals surface area contributed by atoms with E-state index in [0.29, 0.717) is 19.5 Å². The number of unbranched alkanes of at least 4 members (excludes halogenated alkanes) is 1. The van der Waals surface area contributed by atoms with Crippen LogP contribution in [0.2, 0.25) is 0 Å². The largest absolute Gasteiger partial charge is 0.383 e. The molecule has 20 heavy (non-hydrogen) atoms. The van der Waals surface area contributed by atoms with Gasteiger partial charge in [-0.05, 0) is 12.3 Å². The van der Waals surface area contributed by atoms with E-state index in [4.69, 9.17) is 12.2 Å². The molecule has 1 aromatic rings. The van der Waals surface area contributed by atoms with Crippen molar-refractivity contribution >= 4 is 11.5 Å². The lowest BCUT2D eigenvalue weighted by Gasteiger charge is -2.17. The maximum atomic E-state index is 12.1. The van der Waals surface area contributed by atoms with Gasteiger partial charge in [0.1, 0.15) is 11.5 Å². The molecular formula is C14H22N4O2. The summed E-state index contributed by atoms with van der Waals surface area (Å²) in [5, 5.41) is 2.98. The van der Waals surface area contributed by atoms with E-state index in [2.05, 4.69) is 11.2 Å². The van der Waals surface area contributed by atoms with Gasteiger partial charge in [-0.1, -0.05) is 13.8 Å². The topological polar surface area (TPSA) is 82.0 Å². The van der Waals surface area contributed by atoms with Gasteiger partial charge in [0.15, 0.2) is 0 Å². The quantitative estimate of drug-likeness (QED) is 0.590. The number of nitrogens with zero attached hydrogens (tertiary/aromatic N) is 2. The Labute approximate surface area is 118 Å². The van der Waals surface area contributed by atoms with Gasteiger partial charge < -0.3 is 11.1 Å². The summed E-state index contributed by atoms with van der Waals surface area (Å²) in [5.74, 6) is 2.97. The van der Waals surface area contributed by atoms with Crippen LogP contribution in [0, 0.1) is 18.3 Å². The van der Waals surface area contributed by atoms with Crippen LogP contribution in [-0.2, 0) is 13.6 Å². The molecule has 0 spiro atoms.